The highest BCUT2D eigenvalue weighted by atomic mass is 16.5. The zero-order valence-corrected chi connectivity index (χ0v) is 10.1. The van der Waals surface area contributed by atoms with Gasteiger partial charge in [0.2, 0.25) is 0 Å². The van der Waals surface area contributed by atoms with Gasteiger partial charge in [-0.2, -0.15) is 0 Å². The highest BCUT2D eigenvalue weighted by molar-refractivity contribution is 5.75. The Bertz CT molecular complexity index is 411. The number of carbonyl (C=O) groups excluding carboxylic acids is 1. The van der Waals surface area contributed by atoms with Crippen LogP contribution in [0.4, 0.5) is 0 Å². The molecule has 17 heavy (non-hydrogen) atoms. The number of ether oxygens (including phenoxy) is 1. The van der Waals surface area contributed by atoms with E-state index in [2.05, 4.69) is 11.1 Å². The predicted molar refractivity (Wildman–Crippen MR) is 66.2 cm³/mol. The molecule has 1 aromatic rings. The smallest absolute Gasteiger partial charge is 0.309 e. The highest BCUT2D eigenvalue weighted by Crippen LogP contribution is 2.29. The van der Waals surface area contributed by atoms with Gasteiger partial charge < -0.3 is 4.74 Å². The lowest BCUT2D eigenvalue weighted by molar-refractivity contribution is -0.148. The van der Waals surface area contributed by atoms with E-state index in [9.17, 15) is 4.79 Å². The number of allylic oxidation sites excluding steroid dienone is 2. The van der Waals surface area contributed by atoms with Crippen LogP contribution in [-0.4, -0.2) is 17.6 Å². The van der Waals surface area contributed by atoms with Crippen molar-refractivity contribution >= 4 is 11.5 Å². The number of hydrogen-bond donors (Lipinski definition) is 0. The van der Waals surface area contributed by atoms with Gasteiger partial charge in [0, 0.05) is 6.20 Å². The fourth-order valence-electron chi connectivity index (χ4n) is 2.09. The summed E-state index contributed by atoms with van der Waals surface area (Å²) in [5, 5.41) is 0. The molecule has 1 heterocycles. The van der Waals surface area contributed by atoms with Crippen molar-refractivity contribution in [3.8, 4) is 0 Å². The number of pyridine rings is 1. The van der Waals surface area contributed by atoms with Gasteiger partial charge in [-0.3, -0.25) is 9.78 Å². The third-order valence-electron chi connectivity index (χ3n) is 3.02. The van der Waals surface area contributed by atoms with Gasteiger partial charge >= 0.3 is 5.97 Å². The Morgan fingerprint density at radius 1 is 1.53 bits per heavy atom. The zero-order valence-electron chi connectivity index (χ0n) is 10.1. The molecule has 1 aliphatic rings. The second-order valence-electron chi connectivity index (χ2n) is 4.17. The molecular weight excluding hydrogens is 214 g/mol. The minimum absolute atomic E-state index is 0.0300. The van der Waals surface area contributed by atoms with E-state index in [4.69, 9.17) is 4.74 Å². The predicted octanol–water partition coefficient (Wildman–Crippen LogP) is 2.83. The van der Waals surface area contributed by atoms with Gasteiger partial charge in [0.15, 0.2) is 0 Å². The molecule has 3 nitrogen and oxygen atoms in total. The van der Waals surface area contributed by atoms with Gasteiger partial charge in [0.05, 0.1) is 18.2 Å². The second kappa shape index (κ2) is 5.62. The molecule has 0 spiro atoms. The Morgan fingerprint density at radius 2 is 2.41 bits per heavy atom. The molecule has 0 fully saturated rings. The Kier molecular flexibility index (Phi) is 3.91. The highest BCUT2D eigenvalue weighted by Gasteiger charge is 2.23. The van der Waals surface area contributed by atoms with Crippen LogP contribution in [0.3, 0.4) is 0 Å². The summed E-state index contributed by atoms with van der Waals surface area (Å²) < 4.78 is 5.04. The molecule has 90 valence electrons. The van der Waals surface area contributed by atoms with E-state index in [1.54, 1.807) is 6.20 Å². The summed E-state index contributed by atoms with van der Waals surface area (Å²) in [5.41, 5.74) is 2.26. The van der Waals surface area contributed by atoms with Crippen LogP contribution in [0.5, 0.6) is 0 Å². The SMILES string of the molecule is CCOC(=O)C1CC=C(c2ccccn2)CC1. The molecule has 0 aliphatic heterocycles. The molecule has 0 radical (unpaired) electrons. The average Bonchev–Trinajstić information content (AvgIpc) is 2.40. The first kappa shape index (κ1) is 11.8. The van der Waals surface area contributed by atoms with E-state index >= 15 is 0 Å². The molecule has 3 heteroatoms. The minimum Gasteiger partial charge on any atom is -0.466 e. The largest absolute Gasteiger partial charge is 0.466 e. The van der Waals surface area contributed by atoms with Gasteiger partial charge in [-0.15, -0.1) is 0 Å². The standard InChI is InChI=1S/C14H17NO2/c1-2-17-14(16)12-8-6-11(7-9-12)13-5-3-4-10-15-13/h3-6,10,12H,2,7-9H2,1H3. The normalized spacial score (nSPS) is 19.6. The Hall–Kier alpha value is -1.64. The number of aromatic nitrogens is 1. The van der Waals surface area contributed by atoms with Crippen LogP contribution in [-0.2, 0) is 9.53 Å². The number of nitrogens with zero attached hydrogens (tertiary/aromatic N) is 1. The first-order valence-corrected chi connectivity index (χ1v) is 6.08. The minimum atomic E-state index is -0.0659. The summed E-state index contributed by atoms with van der Waals surface area (Å²) in [6.07, 6.45) is 6.45. The molecule has 0 N–H and O–H groups in total. The molecule has 2 rings (SSSR count). The van der Waals surface area contributed by atoms with Crippen LogP contribution in [0, 0.1) is 5.92 Å². The Balaban J connectivity index is 2.00. The Labute approximate surface area is 102 Å². The van der Waals surface area contributed by atoms with Crippen LogP contribution in [0.25, 0.3) is 5.57 Å². The lowest BCUT2D eigenvalue weighted by atomic mass is 9.88. The monoisotopic (exact) mass is 231 g/mol. The fraction of sp³-hybridized carbons (Fsp3) is 0.429. The van der Waals surface area contributed by atoms with Crippen LogP contribution < -0.4 is 0 Å². The van der Waals surface area contributed by atoms with Crippen molar-refractivity contribution in [1.82, 2.24) is 4.98 Å². The molecule has 1 aromatic heterocycles. The molecule has 0 amide bonds. The van der Waals surface area contributed by atoms with E-state index in [0.717, 1.165) is 25.0 Å². The maximum Gasteiger partial charge on any atom is 0.309 e. The fourth-order valence-corrected chi connectivity index (χ4v) is 2.09. The lowest BCUT2D eigenvalue weighted by Crippen LogP contribution is -2.19. The van der Waals surface area contributed by atoms with Crippen molar-refractivity contribution in [3.63, 3.8) is 0 Å². The molecule has 0 saturated heterocycles. The topological polar surface area (TPSA) is 39.2 Å². The molecule has 1 unspecified atom stereocenters. The summed E-state index contributed by atoms with van der Waals surface area (Å²) in [6, 6.07) is 5.91. The first-order chi connectivity index (χ1) is 8.31. The van der Waals surface area contributed by atoms with E-state index in [-0.39, 0.29) is 11.9 Å². The third-order valence-corrected chi connectivity index (χ3v) is 3.02. The van der Waals surface area contributed by atoms with Crippen LogP contribution in [0.1, 0.15) is 31.9 Å². The van der Waals surface area contributed by atoms with E-state index in [1.807, 2.05) is 25.1 Å². The van der Waals surface area contributed by atoms with Crippen molar-refractivity contribution in [2.45, 2.75) is 26.2 Å². The number of esters is 1. The van der Waals surface area contributed by atoms with Crippen LogP contribution >= 0.6 is 0 Å². The quantitative estimate of drug-likeness (QED) is 0.751. The molecule has 0 aromatic carbocycles. The Morgan fingerprint density at radius 3 is 3.00 bits per heavy atom. The molecule has 0 bridgehead atoms. The van der Waals surface area contributed by atoms with Crippen molar-refractivity contribution in [2.24, 2.45) is 5.92 Å². The van der Waals surface area contributed by atoms with Crippen LogP contribution in [0.15, 0.2) is 30.5 Å². The molecule has 0 saturated carbocycles. The van der Waals surface area contributed by atoms with Gasteiger partial charge in [0.1, 0.15) is 0 Å². The van der Waals surface area contributed by atoms with E-state index in [1.165, 1.54) is 5.57 Å². The first-order valence-electron chi connectivity index (χ1n) is 6.08. The van der Waals surface area contributed by atoms with E-state index in [0.29, 0.717) is 6.61 Å². The number of rotatable bonds is 3. The van der Waals surface area contributed by atoms with Crippen molar-refractivity contribution in [1.29, 1.82) is 0 Å². The summed E-state index contributed by atoms with van der Waals surface area (Å²) in [7, 11) is 0. The summed E-state index contributed by atoms with van der Waals surface area (Å²) >= 11 is 0. The number of hydrogen-bond acceptors (Lipinski definition) is 3. The van der Waals surface area contributed by atoms with Gasteiger partial charge in [-0.05, 0) is 43.9 Å². The second-order valence-corrected chi connectivity index (χ2v) is 4.17. The summed E-state index contributed by atoms with van der Waals surface area (Å²) in [4.78, 5) is 15.9. The molecule has 1 atom stereocenters. The summed E-state index contributed by atoms with van der Waals surface area (Å²) in [6.45, 7) is 2.31. The maximum absolute atomic E-state index is 11.6. The summed E-state index contributed by atoms with van der Waals surface area (Å²) in [5.74, 6) is -0.0359. The lowest BCUT2D eigenvalue weighted by Gasteiger charge is -2.20. The van der Waals surface area contributed by atoms with Crippen molar-refractivity contribution in [2.75, 3.05) is 6.61 Å². The van der Waals surface area contributed by atoms with Gasteiger partial charge in [-0.25, -0.2) is 0 Å². The number of carbonyl (C=O) groups is 1. The molecule has 1 aliphatic carbocycles. The van der Waals surface area contributed by atoms with Crippen molar-refractivity contribution < 1.29 is 9.53 Å². The van der Waals surface area contributed by atoms with Crippen molar-refractivity contribution in [3.05, 3.63) is 36.2 Å². The average molecular weight is 231 g/mol. The zero-order chi connectivity index (χ0) is 12.1. The third kappa shape index (κ3) is 2.93. The molecular formula is C14H17NO2. The maximum atomic E-state index is 11.6. The van der Waals surface area contributed by atoms with Gasteiger partial charge in [-0.1, -0.05) is 12.1 Å². The van der Waals surface area contributed by atoms with Crippen LogP contribution in [0.2, 0.25) is 0 Å². The van der Waals surface area contributed by atoms with Gasteiger partial charge in [0.25, 0.3) is 0 Å². The van der Waals surface area contributed by atoms with E-state index < -0.39 is 0 Å².